The molecule has 0 spiro atoms. The van der Waals surface area contributed by atoms with Gasteiger partial charge in [-0.25, -0.2) is 15.0 Å². The van der Waals surface area contributed by atoms with Gasteiger partial charge in [0.2, 0.25) is 0 Å². The Labute approximate surface area is 225 Å². The van der Waals surface area contributed by atoms with Gasteiger partial charge in [0.15, 0.2) is 6.19 Å². The number of benzene rings is 1. The molecule has 0 aliphatic heterocycles. The largest absolute Gasteiger partial charge is 0.416 e. The minimum atomic E-state index is -4.49. The van der Waals surface area contributed by atoms with Gasteiger partial charge in [-0.15, -0.1) is 11.3 Å². The molecular weight excluding hydrogens is 529 g/mol. The fourth-order valence-electron chi connectivity index (χ4n) is 4.61. The predicted octanol–water partition coefficient (Wildman–Crippen LogP) is 5.45. The fraction of sp³-hybridized carbons (Fsp3) is 0.222. The number of hydrogen-bond donors (Lipinski definition) is 3. The Hall–Kier alpha value is -4.34. The van der Waals surface area contributed by atoms with Crippen molar-refractivity contribution in [3.05, 3.63) is 87.7 Å². The Kier molecular flexibility index (Phi) is 6.80. The van der Waals surface area contributed by atoms with Crippen molar-refractivity contribution in [2.45, 2.75) is 38.0 Å². The van der Waals surface area contributed by atoms with Crippen LogP contribution in [0.4, 0.5) is 24.8 Å². The topological polar surface area (TPSA) is 124 Å². The molecule has 0 saturated carbocycles. The maximum Gasteiger partial charge on any atom is 0.416 e. The Morgan fingerprint density at radius 2 is 1.97 bits per heavy atom. The molecule has 0 saturated heterocycles. The van der Waals surface area contributed by atoms with Crippen LogP contribution >= 0.6 is 11.3 Å². The molecule has 1 aromatic carbocycles. The van der Waals surface area contributed by atoms with Crippen LogP contribution < -0.4 is 10.6 Å². The van der Waals surface area contributed by atoms with Crippen LogP contribution in [0.15, 0.2) is 54.9 Å². The smallest absolute Gasteiger partial charge is 0.378 e. The highest BCUT2D eigenvalue weighted by molar-refractivity contribution is 7.15. The number of amides is 1. The van der Waals surface area contributed by atoms with Crippen LogP contribution in [0, 0.1) is 18.4 Å². The normalized spacial score (nSPS) is 16.7. The highest BCUT2D eigenvalue weighted by Gasteiger charge is 2.39. The van der Waals surface area contributed by atoms with Crippen LogP contribution in [0.5, 0.6) is 0 Å². The summed E-state index contributed by atoms with van der Waals surface area (Å²) in [4.78, 5) is 25.8. The van der Waals surface area contributed by atoms with Gasteiger partial charge in [-0.05, 0) is 79.3 Å². The Morgan fingerprint density at radius 3 is 2.74 bits per heavy atom. The number of aliphatic hydroxyl groups is 1. The van der Waals surface area contributed by atoms with E-state index in [0.29, 0.717) is 51.8 Å². The number of nitriles is 1. The Balaban J connectivity index is 1.44. The van der Waals surface area contributed by atoms with Crippen LogP contribution in [0.25, 0.3) is 10.6 Å². The highest BCUT2D eigenvalue weighted by atomic mass is 32.1. The number of pyridine rings is 2. The summed E-state index contributed by atoms with van der Waals surface area (Å²) in [5, 5.41) is 25.9. The van der Waals surface area contributed by atoms with Crippen LogP contribution in [-0.4, -0.2) is 26.0 Å². The zero-order valence-corrected chi connectivity index (χ0v) is 21.3. The number of nitrogens with one attached hydrogen (secondary N) is 2. The van der Waals surface area contributed by atoms with Crippen molar-refractivity contribution in [3.8, 4) is 16.8 Å². The minimum Gasteiger partial charge on any atom is -0.378 e. The third kappa shape index (κ3) is 5.32. The van der Waals surface area contributed by atoms with Crippen molar-refractivity contribution >= 4 is 28.9 Å². The Morgan fingerprint density at radius 1 is 1.15 bits per heavy atom. The predicted molar refractivity (Wildman–Crippen MR) is 138 cm³/mol. The van der Waals surface area contributed by atoms with Crippen LogP contribution in [0.3, 0.4) is 0 Å². The van der Waals surface area contributed by atoms with Gasteiger partial charge in [-0.1, -0.05) is 6.07 Å². The van der Waals surface area contributed by atoms with Crippen LogP contribution in [0.1, 0.15) is 50.5 Å². The number of carbonyl (C=O) groups excluding carboxylic acids is 1. The molecule has 4 aromatic rings. The number of fused-ring (bicyclic) bond motifs is 1. The number of carbonyl (C=O) groups is 1. The fourth-order valence-corrected chi connectivity index (χ4v) is 5.62. The number of aryl methyl sites for hydroxylation is 2. The molecule has 39 heavy (non-hydrogen) atoms. The van der Waals surface area contributed by atoms with Gasteiger partial charge in [0.05, 0.1) is 16.1 Å². The SMILES string of the molecule is Cc1cc(Nc2cc(C(F)(F)F)ccn2)nc(-c2cnc(C3(O)CCCc4cc(C(=O)NC#N)ccc43)s2)c1. The van der Waals surface area contributed by atoms with Gasteiger partial charge in [0.25, 0.3) is 5.91 Å². The summed E-state index contributed by atoms with van der Waals surface area (Å²) in [6, 6.07) is 10.3. The number of rotatable bonds is 5. The number of nitrogens with zero attached hydrogens (tertiary/aromatic N) is 4. The molecule has 3 heterocycles. The van der Waals surface area contributed by atoms with Crippen molar-refractivity contribution in [1.29, 1.82) is 5.26 Å². The summed E-state index contributed by atoms with van der Waals surface area (Å²) in [5.41, 5.74) is 0.953. The van der Waals surface area contributed by atoms with E-state index in [1.165, 1.54) is 11.3 Å². The summed E-state index contributed by atoms with van der Waals surface area (Å²) in [6.07, 6.45) is 1.59. The van der Waals surface area contributed by atoms with E-state index in [4.69, 9.17) is 5.26 Å². The average molecular weight is 551 g/mol. The van der Waals surface area contributed by atoms with Crippen molar-refractivity contribution in [3.63, 3.8) is 0 Å². The summed E-state index contributed by atoms with van der Waals surface area (Å²) >= 11 is 1.26. The molecule has 1 unspecified atom stereocenters. The van der Waals surface area contributed by atoms with E-state index in [0.717, 1.165) is 29.5 Å². The van der Waals surface area contributed by atoms with Gasteiger partial charge in [0.1, 0.15) is 22.2 Å². The number of alkyl halides is 3. The maximum absolute atomic E-state index is 13.1. The molecule has 8 nitrogen and oxygen atoms in total. The number of thiazole rings is 1. The second kappa shape index (κ2) is 10.1. The first kappa shape index (κ1) is 26.3. The summed E-state index contributed by atoms with van der Waals surface area (Å²) < 4.78 is 39.3. The van der Waals surface area contributed by atoms with Gasteiger partial charge in [-0.2, -0.15) is 18.4 Å². The molecule has 198 valence electrons. The second-order valence-corrected chi connectivity index (χ2v) is 10.2. The molecule has 1 atom stereocenters. The van der Waals surface area contributed by atoms with Gasteiger partial charge >= 0.3 is 6.18 Å². The Bertz CT molecular complexity index is 1610. The lowest BCUT2D eigenvalue weighted by atomic mass is 9.79. The third-order valence-corrected chi connectivity index (χ3v) is 7.56. The first-order valence-corrected chi connectivity index (χ1v) is 12.7. The first-order valence-electron chi connectivity index (χ1n) is 11.9. The van der Waals surface area contributed by atoms with E-state index >= 15 is 0 Å². The molecule has 0 bridgehead atoms. The summed E-state index contributed by atoms with van der Waals surface area (Å²) in [5.74, 6) is -0.187. The lowest BCUT2D eigenvalue weighted by Gasteiger charge is -2.33. The van der Waals surface area contributed by atoms with E-state index in [-0.39, 0.29) is 5.82 Å². The standard InChI is InChI=1S/C27H21F3N6O2S/c1-15-9-20(35-23(10-15)36-22-12-18(6-8-32-22)27(28,29)30)21-13-33-25(39-21)26(38)7-2-3-16-11-17(4-5-19(16)26)24(37)34-14-31/h4-6,8-13,38H,2-3,7H2,1H3,(H,34,37)(H,32,35,36). The molecule has 1 amide bonds. The van der Waals surface area contributed by atoms with Crippen molar-refractivity contribution < 1.29 is 23.1 Å². The zero-order chi connectivity index (χ0) is 27.8. The summed E-state index contributed by atoms with van der Waals surface area (Å²) in [7, 11) is 0. The lowest BCUT2D eigenvalue weighted by molar-refractivity contribution is -0.137. The average Bonchev–Trinajstić information content (AvgIpc) is 3.40. The molecule has 0 radical (unpaired) electrons. The van der Waals surface area contributed by atoms with Crippen LogP contribution in [0.2, 0.25) is 0 Å². The van der Waals surface area contributed by atoms with Gasteiger partial charge in [0, 0.05) is 18.0 Å². The van der Waals surface area contributed by atoms with Gasteiger partial charge in [-0.3, -0.25) is 10.1 Å². The molecule has 1 aliphatic rings. The monoisotopic (exact) mass is 550 g/mol. The van der Waals surface area contributed by atoms with E-state index in [1.54, 1.807) is 36.7 Å². The molecule has 0 fully saturated rings. The van der Waals surface area contributed by atoms with E-state index in [2.05, 4.69) is 25.6 Å². The number of aromatic nitrogens is 3. The first-order chi connectivity index (χ1) is 18.6. The molecule has 3 N–H and O–H groups in total. The number of anilines is 2. The maximum atomic E-state index is 13.1. The second-order valence-electron chi connectivity index (χ2n) is 9.15. The zero-order valence-electron chi connectivity index (χ0n) is 20.5. The summed E-state index contributed by atoms with van der Waals surface area (Å²) in [6.45, 7) is 1.84. The number of halogens is 3. The van der Waals surface area contributed by atoms with E-state index < -0.39 is 23.2 Å². The van der Waals surface area contributed by atoms with E-state index in [1.807, 2.05) is 13.0 Å². The van der Waals surface area contributed by atoms with E-state index in [9.17, 15) is 23.1 Å². The van der Waals surface area contributed by atoms with Gasteiger partial charge < -0.3 is 10.4 Å². The molecule has 3 aromatic heterocycles. The molecular formula is C27H21F3N6O2S. The van der Waals surface area contributed by atoms with Crippen molar-refractivity contribution in [1.82, 2.24) is 20.3 Å². The lowest BCUT2D eigenvalue weighted by Crippen LogP contribution is -2.32. The quantitative estimate of drug-likeness (QED) is 0.223. The third-order valence-electron chi connectivity index (χ3n) is 6.39. The number of hydrogen-bond acceptors (Lipinski definition) is 8. The molecule has 1 aliphatic carbocycles. The molecule has 12 heteroatoms. The minimum absolute atomic E-state index is 0.00909. The van der Waals surface area contributed by atoms with Crippen molar-refractivity contribution in [2.24, 2.45) is 0 Å². The highest BCUT2D eigenvalue weighted by Crippen LogP contribution is 2.43. The van der Waals surface area contributed by atoms with Crippen molar-refractivity contribution in [2.75, 3.05) is 5.32 Å². The molecule has 5 rings (SSSR count). The van der Waals surface area contributed by atoms with Crippen LogP contribution in [-0.2, 0) is 18.2 Å².